The van der Waals surface area contributed by atoms with Gasteiger partial charge in [-0.1, -0.05) is 0 Å². The predicted molar refractivity (Wildman–Crippen MR) is 66.4 cm³/mol. The molecule has 1 unspecified atom stereocenters. The monoisotopic (exact) mass is 248 g/mol. The Morgan fingerprint density at radius 2 is 2.06 bits per heavy atom. The molecule has 0 amide bonds. The zero-order valence-corrected chi connectivity index (χ0v) is 10.6. The van der Waals surface area contributed by atoms with Gasteiger partial charge in [0.2, 0.25) is 0 Å². The van der Waals surface area contributed by atoms with Crippen LogP contribution in [0.1, 0.15) is 28.8 Å². The van der Waals surface area contributed by atoms with Crippen molar-refractivity contribution in [3.8, 4) is 11.5 Å². The molecule has 0 heterocycles. The van der Waals surface area contributed by atoms with Crippen molar-refractivity contribution in [2.24, 2.45) is 5.92 Å². The summed E-state index contributed by atoms with van der Waals surface area (Å²) in [6.45, 7) is 0. The molecule has 1 aromatic rings. The molecule has 1 atom stereocenters. The number of Topliss-reactive ketones (excluding diaryl/α,β-unsaturated/α-hetero) is 1. The van der Waals surface area contributed by atoms with Crippen molar-refractivity contribution < 1.29 is 19.1 Å². The number of benzene rings is 1. The van der Waals surface area contributed by atoms with Gasteiger partial charge in [-0.05, 0) is 24.0 Å². The lowest BCUT2D eigenvalue weighted by Gasteiger charge is -2.24. The van der Waals surface area contributed by atoms with E-state index in [4.69, 9.17) is 9.47 Å². The van der Waals surface area contributed by atoms with E-state index < -0.39 is 0 Å². The fourth-order valence-corrected chi connectivity index (χ4v) is 2.45. The molecule has 0 N–H and O–H groups in total. The van der Waals surface area contributed by atoms with Gasteiger partial charge in [0.05, 0.1) is 19.8 Å². The van der Waals surface area contributed by atoms with Gasteiger partial charge in [0.25, 0.3) is 0 Å². The van der Waals surface area contributed by atoms with Gasteiger partial charge in [-0.15, -0.1) is 0 Å². The van der Waals surface area contributed by atoms with Crippen LogP contribution >= 0.6 is 0 Å². The Bertz CT molecular complexity index is 479. The zero-order valence-electron chi connectivity index (χ0n) is 10.6. The van der Waals surface area contributed by atoms with Gasteiger partial charge in [0.1, 0.15) is 17.8 Å². The molecule has 0 spiro atoms. The average molecular weight is 248 g/mol. The minimum Gasteiger partial charge on any atom is -0.497 e. The van der Waals surface area contributed by atoms with Crippen LogP contribution < -0.4 is 9.47 Å². The van der Waals surface area contributed by atoms with Crippen molar-refractivity contribution in [3.05, 3.63) is 23.3 Å². The highest BCUT2D eigenvalue weighted by atomic mass is 16.5. The number of aldehydes is 1. The molecular weight excluding hydrogens is 232 g/mol. The molecule has 0 radical (unpaired) electrons. The third kappa shape index (κ3) is 2.23. The van der Waals surface area contributed by atoms with E-state index in [1.807, 2.05) is 6.07 Å². The quantitative estimate of drug-likeness (QED) is 0.765. The molecule has 0 fully saturated rings. The first-order valence-electron chi connectivity index (χ1n) is 5.91. The Morgan fingerprint density at radius 3 is 2.67 bits per heavy atom. The van der Waals surface area contributed by atoms with Crippen LogP contribution in [-0.4, -0.2) is 26.3 Å². The van der Waals surface area contributed by atoms with E-state index in [1.54, 1.807) is 20.3 Å². The molecule has 2 rings (SSSR count). The third-order valence-electron chi connectivity index (χ3n) is 3.30. The Hall–Kier alpha value is -1.84. The van der Waals surface area contributed by atoms with Gasteiger partial charge in [0.15, 0.2) is 5.78 Å². The molecule has 96 valence electrons. The number of methoxy groups -OCH3 is 2. The van der Waals surface area contributed by atoms with Gasteiger partial charge < -0.3 is 14.3 Å². The zero-order chi connectivity index (χ0) is 13.1. The SMILES string of the molecule is COc1cc2c(c(OC)c1)C(=O)CC(CC=O)C2. The first-order chi connectivity index (χ1) is 8.69. The second kappa shape index (κ2) is 5.21. The lowest BCUT2D eigenvalue weighted by Crippen LogP contribution is -2.21. The Morgan fingerprint density at radius 1 is 1.28 bits per heavy atom. The van der Waals surface area contributed by atoms with Crippen molar-refractivity contribution in [1.82, 2.24) is 0 Å². The maximum absolute atomic E-state index is 12.1. The number of ether oxygens (including phenoxy) is 2. The number of hydrogen-bond acceptors (Lipinski definition) is 4. The molecule has 0 aromatic heterocycles. The molecule has 0 saturated heterocycles. The van der Waals surface area contributed by atoms with Crippen molar-refractivity contribution in [2.45, 2.75) is 19.3 Å². The first-order valence-corrected chi connectivity index (χ1v) is 5.91. The normalized spacial score (nSPS) is 18.1. The summed E-state index contributed by atoms with van der Waals surface area (Å²) in [5.41, 5.74) is 1.55. The highest BCUT2D eigenvalue weighted by Crippen LogP contribution is 2.36. The van der Waals surface area contributed by atoms with E-state index in [1.165, 1.54) is 0 Å². The third-order valence-corrected chi connectivity index (χ3v) is 3.30. The van der Waals surface area contributed by atoms with Crippen molar-refractivity contribution in [2.75, 3.05) is 14.2 Å². The highest BCUT2D eigenvalue weighted by Gasteiger charge is 2.28. The van der Waals surface area contributed by atoms with E-state index in [2.05, 4.69) is 0 Å². The van der Waals surface area contributed by atoms with Gasteiger partial charge in [0, 0.05) is 18.9 Å². The van der Waals surface area contributed by atoms with Crippen LogP contribution in [0.4, 0.5) is 0 Å². The number of rotatable bonds is 4. The van der Waals surface area contributed by atoms with Gasteiger partial charge in [-0.25, -0.2) is 0 Å². The molecule has 0 saturated carbocycles. The molecule has 0 aliphatic heterocycles. The fourth-order valence-electron chi connectivity index (χ4n) is 2.45. The Kier molecular flexibility index (Phi) is 3.65. The van der Waals surface area contributed by atoms with E-state index in [0.717, 1.165) is 11.8 Å². The summed E-state index contributed by atoms with van der Waals surface area (Å²) in [6, 6.07) is 3.57. The number of carbonyl (C=O) groups excluding carboxylic acids is 2. The van der Waals surface area contributed by atoms with Crippen LogP contribution in [0.5, 0.6) is 11.5 Å². The van der Waals surface area contributed by atoms with Gasteiger partial charge in [-0.2, -0.15) is 0 Å². The van der Waals surface area contributed by atoms with Crippen molar-refractivity contribution in [3.63, 3.8) is 0 Å². The minimum atomic E-state index is 0.0441. The number of carbonyl (C=O) groups is 2. The van der Waals surface area contributed by atoms with Crippen LogP contribution in [0.15, 0.2) is 12.1 Å². The molecule has 4 nitrogen and oxygen atoms in total. The lowest BCUT2D eigenvalue weighted by atomic mass is 9.81. The summed E-state index contributed by atoms with van der Waals surface area (Å²) in [5, 5.41) is 0. The molecule has 18 heavy (non-hydrogen) atoms. The second-order valence-electron chi connectivity index (χ2n) is 4.46. The molecule has 4 heteroatoms. The van der Waals surface area contributed by atoms with Gasteiger partial charge >= 0.3 is 0 Å². The molecular formula is C14H16O4. The van der Waals surface area contributed by atoms with Crippen LogP contribution in [-0.2, 0) is 11.2 Å². The smallest absolute Gasteiger partial charge is 0.167 e. The maximum Gasteiger partial charge on any atom is 0.167 e. The minimum absolute atomic E-state index is 0.0441. The fraction of sp³-hybridized carbons (Fsp3) is 0.429. The Labute approximate surface area is 106 Å². The molecule has 1 aromatic carbocycles. The number of hydrogen-bond donors (Lipinski definition) is 0. The summed E-state index contributed by atoms with van der Waals surface area (Å²) >= 11 is 0. The van der Waals surface area contributed by atoms with Crippen LogP contribution in [0.2, 0.25) is 0 Å². The summed E-state index contributed by atoms with van der Waals surface area (Å²) in [4.78, 5) is 22.7. The lowest BCUT2D eigenvalue weighted by molar-refractivity contribution is -0.108. The summed E-state index contributed by atoms with van der Waals surface area (Å²) in [6.07, 6.45) is 2.42. The molecule has 1 aliphatic carbocycles. The Balaban J connectivity index is 2.44. The van der Waals surface area contributed by atoms with Crippen LogP contribution in [0.25, 0.3) is 0 Å². The number of ketones is 1. The van der Waals surface area contributed by atoms with Crippen molar-refractivity contribution in [1.29, 1.82) is 0 Å². The second-order valence-corrected chi connectivity index (χ2v) is 4.46. The maximum atomic E-state index is 12.1. The highest BCUT2D eigenvalue weighted by molar-refractivity contribution is 6.01. The van der Waals surface area contributed by atoms with E-state index in [-0.39, 0.29) is 11.7 Å². The number of fused-ring (bicyclic) bond motifs is 1. The van der Waals surface area contributed by atoms with E-state index >= 15 is 0 Å². The summed E-state index contributed by atoms with van der Waals surface area (Å²) in [5.74, 6) is 1.37. The van der Waals surface area contributed by atoms with Crippen LogP contribution in [0.3, 0.4) is 0 Å². The topological polar surface area (TPSA) is 52.6 Å². The van der Waals surface area contributed by atoms with E-state index in [0.29, 0.717) is 36.3 Å². The van der Waals surface area contributed by atoms with Gasteiger partial charge in [-0.3, -0.25) is 4.79 Å². The molecule has 0 bridgehead atoms. The first kappa shape index (κ1) is 12.6. The summed E-state index contributed by atoms with van der Waals surface area (Å²) in [7, 11) is 3.12. The van der Waals surface area contributed by atoms with Crippen LogP contribution in [0, 0.1) is 5.92 Å². The standard InChI is InChI=1S/C14H16O4/c1-17-11-7-10-5-9(3-4-15)6-12(16)14(10)13(8-11)18-2/h4,7-9H,3,5-6H2,1-2H3. The predicted octanol–water partition coefficient (Wildman–Crippen LogP) is 2.04. The van der Waals surface area contributed by atoms with Crippen molar-refractivity contribution >= 4 is 12.1 Å². The molecule has 1 aliphatic rings. The van der Waals surface area contributed by atoms with E-state index in [9.17, 15) is 9.59 Å². The average Bonchev–Trinajstić information content (AvgIpc) is 2.37. The summed E-state index contributed by atoms with van der Waals surface area (Å²) < 4.78 is 10.4. The largest absolute Gasteiger partial charge is 0.497 e.